The molecule has 178 valence electrons. The fourth-order valence-corrected chi connectivity index (χ4v) is 4.31. The Balaban J connectivity index is 1.54. The fraction of sp³-hybridized carbons (Fsp3) is 0.111. The summed E-state index contributed by atoms with van der Waals surface area (Å²) in [5.41, 5.74) is 4.53. The maximum atomic E-state index is 13.6. The van der Waals surface area contributed by atoms with Crippen LogP contribution in [0.1, 0.15) is 22.5 Å². The van der Waals surface area contributed by atoms with Gasteiger partial charge in [0.25, 0.3) is 5.56 Å². The van der Waals surface area contributed by atoms with Crippen molar-refractivity contribution in [2.45, 2.75) is 20.5 Å². The summed E-state index contributed by atoms with van der Waals surface area (Å²) >= 11 is 12.2. The van der Waals surface area contributed by atoms with Crippen molar-refractivity contribution in [3.05, 3.63) is 110 Å². The Morgan fingerprint density at radius 2 is 1.86 bits per heavy atom. The van der Waals surface area contributed by atoms with E-state index in [9.17, 15) is 4.79 Å². The van der Waals surface area contributed by atoms with Gasteiger partial charge in [-0.3, -0.25) is 9.20 Å². The third kappa shape index (κ3) is 4.33. The van der Waals surface area contributed by atoms with Crippen LogP contribution in [0, 0.1) is 25.2 Å². The van der Waals surface area contributed by atoms with Crippen molar-refractivity contribution in [1.82, 2.24) is 19.2 Å². The smallest absolute Gasteiger partial charge is 0.267 e. The summed E-state index contributed by atoms with van der Waals surface area (Å²) in [7, 11) is 0. The molecule has 36 heavy (non-hydrogen) atoms. The summed E-state index contributed by atoms with van der Waals surface area (Å²) in [4.78, 5) is 18.3. The lowest BCUT2D eigenvalue weighted by molar-refractivity contribution is 0.308. The van der Waals surface area contributed by atoms with Crippen LogP contribution in [0.5, 0.6) is 5.75 Å². The number of pyridine rings is 1. The number of nitrogens with zero attached hydrogens (tertiary/aromatic N) is 5. The first-order valence-corrected chi connectivity index (χ1v) is 11.8. The summed E-state index contributed by atoms with van der Waals surface area (Å²) in [5, 5.41) is 14.7. The van der Waals surface area contributed by atoms with Gasteiger partial charge in [0.2, 0.25) is 0 Å². The van der Waals surface area contributed by atoms with Crippen LogP contribution in [0.25, 0.3) is 22.6 Å². The Kier molecular flexibility index (Phi) is 6.23. The van der Waals surface area contributed by atoms with Gasteiger partial charge >= 0.3 is 0 Å². The standard InChI is InChI=1S/C27H19Cl2N5O2/c1-16-11-23(32-34(16)20-8-9-21(28)22(29)13-20)25-17(2)31-26-24(7-4-10-33(26)27(25)35)36-15-19-6-3-5-18(12-19)14-30/h3-13H,15H2,1-2H3. The molecule has 7 nitrogen and oxygen atoms in total. The predicted molar refractivity (Wildman–Crippen MR) is 139 cm³/mol. The van der Waals surface area contributed by atoms with Gasteiger partial charge in [0.1, 0.15) is 12.3 Å². The molecule has 9 heteroatoms. The second kappa shape index (κ2) is 9.50. The van der Waals surface area contributed by atoms with E-state index in [4.69, 9.17) is 38.2 Å². The minimum absolute atomic E-state index is 0.235. The predicted octanol–water partition coefficient (Wildman–Crippen LogP) is 5.92. The second-order valence-electron chi connectivity index (χ2n) is 8.23. The fourth-order valence-electron chi connectivity index (χ4n) is 4.02. The average Bonchev–Trinajstić information content (AvgIpc) is 3.25. The van der Waals surface area contributed by atoms with Crippen molar-refractivity contribution in [2.24, 2.45) is 0 Å². The topological polar surface area (TPSA) is 85.2 Å². The zero-order valence-corrected chi connectivity index (χ0v) is 20.9. The van der Waals surface area contributed by atoms with E-state index in [1.54, 1.807) is 60.3 Å². The summed E-state index contributed by atoms with van der Waals surface area (Å²) in [6, 6.07) is 19.9. The Labute approximate surface area is 216 Å². The van der Waals surface area contributed by atoms with E-state index in [0.29, 0.717) is 44.0 Å². The van der Waals surface area contributed by atoms with Crippen molar-refractivity contribution in [3.8, 4) is 28.8 Å². The lowest BCUT2D eigenvalue weighted by Gasteiger charge is -2.12. The molecule has 0 aliphatic carbocycles. The summed E-state index contributed by atoms with van der Waals surface area (Å²) in [6.07, 6.45) is 1.65. The van der Waals surface area contributed by atoms with E-state index in [0.717, 1.165) is 16.9 Å². The molecular formula is C27H19Cl2N5O2. The molecule has 0 amide bonds. The summed E-state index contributed by atoms with van der Waals surface area (Å²) in [5.74, 6) is 0.462. The van der Waals surface area contributed by atoms with Crippen molar-refractivity contribution >= 4 is 28.8 Å². The number of aryl methyl sites for hydroxylation is 2. The molecule has 0 aliphatic heterocycles. The Morgan fingerprint density at radius 1 is 1.03 bits per heavy atom. The number of hydrogen-bond donors (Lipinski definition) is 0. The van der Waals surface area contributed by atoms with E-state index < -0.39 is 0 Å². The van der Waals surface area contributed by atoms with Crippen molar-refractivity contribution in [3.63, 3.8) is 0 Å². The number of rotatable bonds is 5. The third-order valence-electron chi connectivity index (χ3n) is 5.74. The molecule has 0 radical (unpaired) electrons. The van der Waals surface area contributed by atoms with Gasteiger partial charge in [-0.2, -0.15) is 10.4 Å². The van der Waals surface area contributed by atoms with Crippen LogP contribution < -0.4 is 10.3 Å². The maximum Gasteiger partial charge on any atom is 0.267 e. The third-order valence-corrected chi connectivity index (χ3v) is 6.48. The van der Waals surface area contributed by atoms with Gasteiger partial charge in [-0.15, -0.1) is 0 Å². The first-order valence-electron chi connectivity index (χ1n) is 11.0. The first-order chi connectivity index (χ1) is 17.4. The molecule has 3 aromatic heterocycles. The summed E-state index contributed by atoms with van der Waals surface area (Å²) < 4.78 is 9.15. The van der Waals surface area contributed by atoms with Crippen LogP contribution in [0.15, 0.2) is 71.7 Å². The van der Waals surface area contributed by atoms with Crippen LogP contribution in [-0.2, 0) is 6.61 Å². The first kappa shape index (κ1) is 23.6. The van der Waals surface area contributed by atoms with Crippen LogP contribution >= 0.6 is 23.2 Å². The minimum Gasteiger partial charge on any atom is -0.485 e. The molecule has 0 unspecified atom stereocenters. The van der Waals surface area contributed by atoms with Gasteiger partial charge < -0.3 is 4.74 Å². The average molecular weight is 516 g/mol. The SMILES string of the molecule is Cc1nc2c(OCc3cccc(C#N)c3)cccn2c(=O)c1-c1cc(C)n(-c2ccc(Cl)c(Cl)c2)n1. The van der Waals surface area contributed by atoms with Gasteiger partial charge in [-0.1, -0.05) is 35.3 Å². The lowest BCUT2D eigenvalue weighted by Crippen LogP contribution is -2.19. The molecule has 0 aliphatic rings. The van der Waals surface area contributed by atoms with Gasteiger partial charge in [0.05, 0.1) is 38.6 Å². The number of hydrogen-bond acceptors (Lipinski definition) is 5. The Bertz CT molecular complexity index is 1730. The molecule has 0 saturated carbocycles. The van der Waals surface area contributed by atoms with Crippen LogP contribution in [0.2, 0.25) is 10.0 Å². The largest absolute Gasteiger partial charge is 0.485 e. The molecule has 0 saturated heterocycles. The molecule has 0 fully saturated rings. The van der Waals surface area contributed by atoms with Crippen LogP contribution in [0.3, 0.4) is 0 Å². The Hall–Kier alpha value is -4.12. The van der Waals surface area contributed by atoms with Gasteiger partial charge in [0.15, 0.2) is 11.4 Å². The zero-order chi connectivity index (χ0) is 25.4. The van der Waals surface area contributed by atoms with Gasteiger partial charge in [0, 0.05) is 11.9 Å². The number of aromatic nitrogens is 4. The molecule has 2 aromatic carbocycles. The number of ether oxygens (including phenoxy) is 1. The molecular weight excluding hydrogens is 497 g/mol. The highest BCUT2D eigenvalue weighted by atomic mass is 35.5. The second-order valence-corrected chi connectivity index (χ2v) is 9.04. The van der Waals surface area contributed by atoms with E-state index >= 15 is 0 Å². The quantitative estimate of drug-likeness (QED) is 0.290. The van der Waals surface area contributed by atoms with Crippen LogP contribution in [-0.4, -0.2) is 19.2 Å². The van der Waals surface area contributed by atoms with Crippen LogP contribution in [0.4, 0.5) is 0 Å². The lowest BCUT2D eigenvalue weighted by atomic mass is 10.1. The monoisotopic (exact) mass is 515 g/mol. The van der Waals surface area contributed by atoms with Gasteiger partial charge in [-0.05, 0) is 67.9 Å². The van der Waals surface area contributed by atoms with Crippen molar-refractivity contribution < 1.29 is 4.74 Å². The highest BCUT2D eigenvalue weighted by Crippen LogP contribution is 2.27. The molecule has 0 bridgehead atoms. The number of benzene rings is 2. The highest BCUT2D eigenvalue weighted by Gasteiger charge is 2.18. The molecule has 0 atom stereocenters. The minimum atomic E-state index is -0.256. The van der Waals surface area contributed by atoms with E-state index in [1.165, 1.54) is 4.40 Å². The van der Waals surface area contributed by atoms with E-state index in [2.05, 4.69) is 11.2 Å². The normalized spacial score (nSPS) is 11.0. The highest BCUT2D eigenvalue weighted by molar-refractivity contribution is 6.42. The Morgan fingerprint density at radius 3 is 2.64 bits per heavy atom. The number of halogens is 2. The number of fused-ring (bicyclic) bond motifs is 1. The number of nitriles is 1. The molecule has 5 rings (SSSR count). The molecule has 3 heterocycles. The van der Waals surface area contributed by atoms with E-state index in [1.807, 2.05) is 25.1 Å². The summed E-state index contributed by atoms with van der Waals surface area (Å²) in [6.45, 7) is 3.91. The molecule has 0 spiro atoms. The maximum absolute atomic E-state index is 13.6. The zero-order valence-electron chi connectivity index (χ0n) is 19.4. The van der Waals surface area contributed by atoms with E-state index in [-0.39, 0.29) is 12.2 Å². The molecule has 0 N–H and O–H groups in total. The van der Waals surface area contributed by atoms with Crippen molar-refractivity contribution in [1.29, 1.82) is 5.26 Å². The van der Waals surface area contributed by atoms with Gasteiger partial charge in [-0.25, -0.2) is 9.67 Å². The molecule has 5 aromatic rings. The van der Waals surface area contributed by atoms with Crippen molar-refractivity contribution in [2.75, 3.05) is 0 Å².